The van der Waals surface area contributed by atoms with Gasteiger partial charge in [0.15, 0.2) is 6.10 Å². The Morgan fingerprint density at radius 1 is 0.237 bits per heavy atom. The Morgan fingerprint density at radius 3 is 0.625 bits per heavy atom. The fourth-order valence-corrected chi connectivity index (χ4v) is 11.5. The fourth-order valence-electron chi connectivity index (χ4n) is 11.5. The van der Waals surface area contributed by atoms with Gasteiger partial charge in [-0.05, 0) is 44.9 Å². The van der Waals surface area contributed by atoms with Gasteiger partial charge in [0.05, 0.1) is 0 Å². The summed E-state index contributed by atoms with van der Waals surface area (Å²) >= 11 is 0. The normalized spacial score (nSPS) is 12.0. The van der Waals surface area contributed by atoms with Crippen molar-refractivity contribution >= 4 is 17.9 Å². The van der Waals surface area contributed by atoms with Crippen LogP contribution >= 0.6 is 0 Å². The Labute approximate surface area is 501 Å². The van der Waals surface area contributed by atoms with Crippen molar-refractivity contribution in [2.24, 2.45) is 0 Å². The third-order valence-corrected chi connectivity index (χ3v) is 17.0. The number of esters is 3. The molecule has 6 nitrogen and oxygen atoms in total. The summed E-state index contributed by atoms with van der Waals surface area (Å²) in [6, 6.07) is 0. The first-order chi connectivity index (χ1) is 39.5. The van der Waals surface area contributed by atoms with E-state index >= 15 is 0 Å². The highest BCUT2D eigenvalue weighted by atomic mass is 16.6. The minimum atomic E-state index is -0.767. The molecule has 0 saturated carbocycles. The van der Waals surface area contributed by atoms with Gasteiger partial charge in [0.2, 0.25) is 0 Å². The summed E-state index contributed by atoms with van der Waals surface area (Å²) in [6.07, 6.45) is 84.0. The summed E-state index contributed by atoms with van der Waals surface area (Å²) in [6.45, 7) is 6.73. The van der Waals surface area contributed by atoms with Crippen LogP contribution in [0.1, 0.15) is 425 Å². The predicted octanol–water partition coefficient (Wildman–Crippen LogP) is 25.2. The average Bonchev–Trinajstić information content (AvgIpc) is 3.46. The molecular weight excluding hydrogens is 985 g/mol. The van der Waals surface area contributed by atoms with Crippen LogP contribution in [0.15, 0.2) is 12.2 Å². The van der Waals surface area contributed by atoms with Crippen LogP contribution in [-0.4, -0.2) is 37.2 Å². The maximum Gasteiger partial charge on any atom is 0.306 e. The maximum atomic E-state index is 13.0. The third kappa shape index (κ3) is 66.9. The van der Waals surface area contributed by atoms with E-state index in [1.54, 1.807) is 0 Å². The molecular formula is C74H142O6. The van der Waals surface area contributed by atoms with Crippen LogP contribution < -0.4 is 0 Å². The molecule has 0 amide bonds. The number of hydrogen-bond acceptors (Lipinski definition) is 6. The Balaban J connectivity index is 4.19. The van der Waals surface area contributed by atoms with E-state index < -0.39 is 6.10 Å². The number of hydrogen-bond donors (Lipinski definition) is 0. The van der Waals surface area contributed by atoms with Gasteiger partial charge in [-0.15, -0.1) is 0 Å². The van der Waals surface area contributed by atoms with Crippen molar-refractivity contribution in [1.82, 2.24) is 0 Å². The van der Waals surface area contributed by atoms with Crippen molar-refractivity contribution in [2.75, 3.05) is 13.2 Å². The van der Waals surface area contributed by atoms with E-state index in [4.69, 9.17) is 14.2 Å². The molecule has 0 fully saturated rings. The van der Waals surface area contributed by atoms with Crippen LogP contribution in [0.5, 0.6) is 0 Å². The minimum absolute atomic E-state index is 0.0630. The number of carbonyl (C=O) groups is 3. The lowest BCUT2D eigenvalue weighted by atomic mass is 10.0. The zero-order valence-corrected chi connectivity index (χ0v) is 54.6. The van der Waals surface area contributed by atoms with Gasteiger partial charge in [-0.25, -0.2) is 0 Å². The molecule has 1 unspecified atom stereocenters. The van der Waals surface area contributed by atoms with Gasteiger partial charge in [-0.3, -0.25) is 14.4 Å². The molecule has 0 aromatic heterocycles. The standard InChI is InChI=1S/C74H142O6/c1-4-7-10-13-16-19-22-25-27-29-31-33-35-36-37-39-40-42-44-46-49-52-55-58-61-64-67-73(76)79-70-71(69-78-72(75)66-63-60-57-54-51-48-24-21-18-15-12-9-6-3)80-74(77)68-65-62-59-56-53-50-47-45-43-41-38-34-32-30-28-26-23-20-17-14-11-8-5-2/h30,32,71H,4-29,31,33-70H2,1-3H3/b32-30-. The van der Waals surface area contributed by atoms with Crippen molar-refractivity contribution in [3.8, 4) is 0 Å². The molecule has 0 heterocycles. The summed E-state index contributed by atoms with van der Waals surface area (Å²) in [4.78, 5) is 38.4. The molecule has 1 atom stereocenters. The van der Waals surface area contributed by atoms with Gasteiger partial charge in [-0.1, -0.05) is 373 Å². The molecule has 474 valence electrons. The second-order valence-electron chi connectivity index (χ2n) is 25.2. The lowest BCUT2D eigenvalue weighted by molar-refractivity contribution is -0.167. The van der Waals surface area contributed by atoms with E-state index in [0.717, 1.165) is 57.8 Å². The smallest absolute Gasteiger partial charge is 0.306 e. The van der Waals surface area contributed by atoms with Gasteiger partial charge in [0.1, 0.15) is 13.2 Å². The van der Waals surface area contributed by atoms with Crippen molar-refractivity contribution in [1.29, 1.82) is 0 Å². The lowest BCUT2D eigenvalue weighted by Crippen LogP contribution is -2.30. The third-order valence-electron chi connectivity index (χ3n) is 17.0. The molecule has 6 heteroatoms. The van der Waals surface area contributed by atoms with E-state index in [9.17, 15) is 14.4 Å². The summed E-state index contributed by atoms with van der Waals surface area (Å²) in [7, 11) is 0. The zero-order chi connectivity index (χ0) is 57.8. The van der Waals surface area contributed by atoms with Crippen LogP contribution in [-0.2, 0) is 28.6 Å². The highest BCUT2D eigenvalue weighted by molar-refractivity contribution is 5.71. The van der Waals surface area contributed by atoms with Gasteiger partial charge >= 0.3 is 17.9 Å². The topological polar surface area (TPSA) is 78.9 Å². The molecule has 0 radical (unpaired) electrons. The molecule has 0 aliphatic rings. The number of rotatable bonds is 69. The van der Waals surface area contributed by atoms with E-state index in [1.165, 1.54) is 327 Å². The number of unbranched alkanes of at least 4 members (excludes halogenated alkanes) is 56. The second kappa shape index (κ2) is 69.6. The summed E-state index contributed by atoms with van der Waals surface area (Å²) in [5, 5.41) is 0. The van der Waals surface area contributed by atoms with Crippen molar-refractivity contribution in [2.45, 2.75) is 431 Å². The Hall–Kier alpha value is -1.85. The maximum absolute atomic E-state index is 13.0. The summed E-state index contributed by atoms with van der Waals surface area (Å²) < 4.78 is 17.0. The molecule has 0 bridgehead atoms. The van der Waals surface area contributed by atoms with Gasteiger partial charge < -0.3 is 14.2 Å². The molecule has 0 saturated heterocycles. The first-order valence-corrected chi connectivity index (χ1v) is 36.7. The molecule has 0 N–H and O–H groups in total. The molecule has 0 aliphatic heterocycles. The Morgan fingerprint density at radius 2 is 0.412 bits per heavy atom. The predicted molar refractivity (Wildman–Crippen MR) is 349 cm³/mol. The van der Waals surface area contributed by atoms with Crippen LogP contribution in [0, 0.1) is 0 Å². The van der Waals surface area contributed by atoms with E-state index in [-0.39, 0.29) is 31.1 Å². The lowest BCUT2D eigenvalue weighted by Gasteiger charge is -2.18. The van der Waals surface area contributed by atoms with Crippen LogP contribution in [0.25, 0.3) is 0 Å². The van der Waals surface area contributed by atoms with Crippen molar-refractivity contribution in [3.05, 3.63) is 12.2 Å². The SMILES string of the molecule is CCCCCCCCCC/C=C\CCCCCCCCCCCCCC(=O)OC(COC(=O)CCCCCCCCCCCCCCC)COC(=O)CCCCCCCCCCCCCCCCCCCCCCCCCCCC. The van der Waals surface area contributed by atoms with Crippen LogP contribution in [0.3, 0.4) is 0 Å². The number of ether oxygens (including phenoxy) is 3. The zero-order valence-electron chi connectivity index (χ0n) is 54.6. The van der Waals surface area contributed by atoms with E-state index in [1.807, 2.05) is 0 Å². The second-order valence-corrected chi connectivity index (χ2v) is 25.2. The van der Waals surface area contributed by atoms with Gasteiger partial charge in [0, 0.05) is 19.3 Å². The van der Waals surface area contributed by atoms with E-state index in [0.29, 0.717) is 19.3 Å². The van der Waals surface area contributed by atoms with Crippen molar-refractivity contribution < 1.29 is 28.6 Å². The first kappa shape index (κ1) is 78.1. The summed E-state index contributed by atoms with van der Waals surface area (Å²) in [5.41, 5.74) is 0. The number of allylic oxidation sites excluding steroid dienone is 2. The van der Waals surface area contributed by atoms with Crippen LogP contribution in [0.4, 0.5) is 0 Å². The molecule has 0 aliphatic carbocycles. The molecule has 0 rings (SSSR count). The van der Waals surface area contributed by atoms with Gasteiger partial charge in [0.25, 0.3) is 0 Å². The Bertz CT molecular complexity index is 1250. The van der Waals surface area contributed by atoms with E-state index in [2.05, 4.69) is 32.9 Å². The highest BCUT2D eigenvalue weighted by Crippen LogP contribution is 2.19. The summed E-state index contributed by atoms with van der Waals surface area (Å²) in [5.74, 6) is -0.827. The van der Waals surface area contributed by atoms with Crippen molar-refractivity contribution in [3.63, 3.8) is 0 Å². The monoisotopic (exact) mass is 1130 g/mol. The average molecular weight is 1130 g/mol. The molecule has 0 aromatic rings. The molecule has 0 aromatic carbocycles. The van der Waals surface area contributed by atoms with Gasteiger partial charge in [-0.2, -0.15) is 0 Å². The largest absolute Gasteiger partial charge is 0.462 e. The first-order valence-electron chi connectivity index (χ1n) is 36.7. The molecule has 0 spiro atoms. The van der Waals surface area contributed by atoms with Crippen LogP contribution in [0.2, 0.25) is 0 Å². The number of carbonyl (C=O) groups excluding carboxylic acids is 3. The highest BCUT2D eigenvalue weighted by Gasteiger charge is 2.20. The Kier molecular flexibility index (Phi) is 68.0. The minimum Gasteiger partial charge on any atom is -0.462 e. The fraction of sp³-hybridized carbons (Fsp3) is 0.932. The molecule has 80 heavy (non-hydrogen) atoms. The quantitative estimate of drug-likeness (QED) is 0.0261.